The first-order chi connectivity index (χ1) is 9.99. The molecule has 0 atom stereocenters. The zero-order chi connectivity index (χ0) is 15.4. The van der Waals surface area contributed by atoms with Crippen molar-refractivity contribution in [1.29, 1.82) is 0 Å². The van der Waals surface area contributed by atoms with Crippen LogP contribution in [-0.2, 0) is 6.54 Å². The van der Waals surface area contributed by atoms with E-state index in [1.165, 1.54) is 23.8 Å². The summed E-state index contributed by atoms with van der Waals surface area (Å²) in [6, 6.07) is 12.3. The molecule has 0 aliphatic rings. The third-order valence-electron chi connectivity index (χ3n) is 3.40. The van der Waals surface area contributed by atoms with E-state index in [0.29, 0.717) is 12.5 Å². The van der Waals surface area contributed by atoms with E-state index in [0.717, 1.165) is 5.56 Å². The molecular formula is C17H19FN2O. The van der Waals surface area contributed by atoms with Crippen molar-refractivity contribution in [3.63, 3.8) is 0 Å². The quantitative estimate of drug-likeness (QED) is 0.846. The van der Waals surface area contributed by atoms with Crippen LogP contribution in [0, 0.1) is 5.82 Å². The SMILES string of the molecule is CC(C)c1ccc(CNC(=O)c2cccc(F)c2N)cc1. The van der Waals surface area contributed by atoms with Gasteiger partial charge in [-0.2, -0.15) is 0 Å². The summed E-state index contributed by atoms with van der Waals surface area (Å²) < 4.78 is 13.3. The van der Waals surface area contributed by atoms with Gasteiger partial charge in [-0.15, -0.1) is 0 Å². The van der Waals surface area contributed by atoms with E-state index in [1.807, 2.05) is 24.3 Å². The van der Waals surface area contributed by atoms with Crippen LogP contribution in [0.1, 0.15) is 41.3 Å². The summed E-state index contributed by atoms with van der Waals surface area (Å²) in [5.41, 5.74) is 7.85. The lowest BCUT2D eigenvalue weighted by atomic mass is 10.0. The predicted octanol–water partition coefficient (Wildman–Crippen LogP) is 3.46. The van der Waals surface area contributed by atoms with Gasteiger partial charge in [-0.3, -0.25) is 4.79 Å². The zero-order valence-electron chi connectivity index (χ0n) is 12.2. The van der Waals surface area contributed by atoms with Crippen molar-refractivity contribution in [2.45, 2.75) is 26.3 Å². The van der Waals surface area contributed by atoms with E-state index >= 15 is 0 Å². The monoisotopic (exact) mass is 286 g/mol. The maximum absolute atomic E-state index is 13.3. The van der Waals surface area contributed by atoms with Gasteiger partial charge in [-0.25, -0.2) is 4.39 Å². The number of nitrogen functional groups attached to an aromatic ring is 1. The Hall–Kier alpha value is -2.36. The Morgan fingerprint density at radius 1 is 1.19 bits per heavy atom. The number of carbonyl (C=O) groups is 1. The van der Waals surface area contributed by atoms with Crippen LogP contribution in [0.25, 0.3) is 0 Å². The van der Waals surface area contributed by atoms with Crippen LogP contribution < -0.4 is 11.1 Å². The average Bonchev–Trinajstić information content (AvgIpc) is 2.48. The van der Waals surface area contributed by atoms with Crippen molar-refractivity contribution in [1.82, 2.24) is 5.32 Å². The Bertz CT molecular complexity index is 636. The summed E-state index contributed by atoms with van der Waals surface area (Å²) in [6.45, 7) is 4.64. The van der Waals surface area contributed by atoms with E-state index in [4.69, 9.17) is 5.73 Å². The number of para-hydroxylation sites is 1. The summed E-state index contributed by atoms with van der Waals surface area (Å²) in [5.74, 6) is -0.482. The van der Waals surface area contributed by atoms with E-state index < -0.39 is 5.82 Å². The highest BCUT2D eigenvalue weighted by Crippen LogP contribution is 2.17. The fraction of sp³-hybridized carbons (Fsp3) is 0.235. The normalized spacial score (nSPS) is 10.7. The van der Waals surface area contributed by atoms with E-state index in [1.54, 1.807) is 0 Å². The summed E-state index contributed by atoms with van der Waals surface area (Å²) in [7, 11) is 0. The zero-order valence-corrected chi connectivity index (χ0v) is 12.2. The number of carbonyl (C=O) groups excluding carboxylic acids is 1. The standard InChI is InChI=1S/C17H19FN2O/c1-11(2)13-8-6-12(7-9-13)10-20-17(21)14-4-3-5-15(18)16(14)19/h3-9,11H,10,19H2,1-2H3,(H,20,21). The second kappa shape index (κ2) is 6.39. The third-order valence-corrected chi connectivity index (χ3v) is 3.40. The minimum Gasteiger partial charge on any atom is -0.396 e. The lowest BCUT2D eigenvalue weighted by molar-refractivity contribution is 0.0951. The molecule has 2 aromatic rings. The van der Waals surface area contributed by atoms with E-state index in [9.17, 15) is 9.18 Å². The second-order valence-electron chi connectivity index (χ2n) is 5.28. The fourth-order valence-corrected chi connectivity index (χ4v) is 2.03. The van der Waals surface area contributed by atoms with Crippen LogP contribution >= 0.6 is 0 Å². The lowest BCUT2D eigenvalue weighted by Gasteiger charge is -2.09. The van der Waals surface area contributed by atoms with E-state index in [-0.39, 0.29) is 17.2 Å². The first-order valence-electron chi connectivity index (χ1n) is 6.90. The Labute approximate surface area is 124 Å². The predicted molar refractivity (Wildman–Crippen MR) is 82.5 cm³/mol. The van der Waals surface area contributed by atoms with Gasteiger partial charge in [0.2, 0.25) is 0 Å². The summed E-state index contributed by atoms with van der Waals surface area (Å²) in [5, 5.41) is 2.75. The van der Waals surface area contributed by atoms with Crippen LogP contribution in [-0.4, -0.2) is 5.91 Å². The van der Waals surface area contributed by atoms with Crippen molar-refractivity contribution in [3.8, 4) is 0 Å². The number of rotatable bonds is 4. The lowest BCUT2D eigenvalue weighted by Crippen LogP contribution is -2.24. The maximum Gasteiger partial charge on any atom is 0.253 e. The van der Waals surface area contributed by atoms with Gasteiger partial charge in [0.05, 0.1) is 11.3 Å². The van der Waals surface area contributed by atoms with Crippen LogP contribution in [0.5, 0.6) is 0 Å². The van der Waals surface area contributed by atoms with Gasteiger partial charge < -0.3 is 11.1 Å². The number of halogens is 1. The number of nitrogens with one attached hydrogen (secondary N) is 1. The molecule has 0 saturated heterocycles. The maximum atomic E-state index is 13.3. The number of anilines is 1. The van der Waals surface area contributed by atoms with Gasteiger partial charge in [-0.1, -0.05) is 44.2 Å². The van der Waals surface area contributed by atoms with E-state index in [2.05, 4.69) is 19.2 Å². The molecule has 0 fully saturated rings. The Balaban J connectivity index is 2.02. The Morgan fingerprint density at radius 3 is 2.48 bits per heavy atom. The molecule has 3 N–H and O–H groups in total. The molecule has 4 heteroatoms. The second-order valence-corrected chi connectivity index (χ2v) is 5.28. The summed E-state index contributed by atoms with van der Waals surface area (Å²) >= 11 is 0. The molecule has 21 heavy (non-hydrogen) atoms. The molecule has 0 bridgehead atoms. The van der Waals surface area contributed by atoms with Crippen LogP contribution in [0.2, 0.25) is 0 Å². The minimum absolute atomic E-state index is 0.120. The highest BCUT2D eigenvalue weighted by atomic mass is 19.1. The number of benzene rings is 2. The minimum atomic E-state index is -0.580. The average molecular weight is 286 g/mol. The molecule has 0 unspecified atom stereocenters. The van der Waals surface area contributed by atoms with Crippen molar-refractivity contribution >= 4 is 11.6 Å². The van der Waals surface area contributed by atoms with Crippen LogP contribution in [0.3, 0.4) is 0 Å². The van der Waals surface area contributed by atoms with Crippen molar-refractivity contribution < 1.29 is 9.18 Å². The van der Waals surface area contributed by atoms with Crippen molar-refractivity contribution in [2.24, 2.45) is 0 Å². The molecule has 0 radical (unpaired) electrons. The molecule has 1 amide bonds. The molecule has 0 heterocycles. The number of hydrogen-bond acceptors (Lipinski definition) is 2. The Kier molecular flexibility index (Phi) is 4.58. The first kappa shape index (κ1) is 15.0. The number of amides is 1. The first-order valence-corrected chi connectivity index (χ1v) is 6.90. The van der Waals surface area contributed by atoms with Crippen LogP contribution in [0.4, 0.5) is 10.1 Å². The molecule has 0 spiro atoms. The highest BCUT2D eigenvalue weighted by molar-refractivity contribution is 5.99. The van der Waals surface area contributed by atoms with Crippen molar-refractivity contribution in [2.75, 3.05) is 5.73 Å². The molecule has 0 aliphatic heterocycles. The molecular weight excluding hydrogens is 267 g/mol. The Morgan fingerprint density at radius 2 is 1.86 bits per heavy atom. The molecule has 2 aromatic carbocycles. The van der Waals surface area contributed by atoms with Crippen LogP contribution in [0.15, 0.2) is 42.5 Å². The largest absolute Gasteiger partial charge is 0.396 e. The van der Waals surface area contributed by atoms with Gasteiger partial charge in [0.1, 0.15) is 5.82 Å². The molecule has 2 rings (SSSR count). The van der Waals surface area contributed by atoms with Crippen molar-refractivity contribution in [3.05, 3.63) is 65.0 Å². The van der Waals surface area contributed by atoms with Gasteiger partial charge in [0.15, 0.2) is 0 Å². The molecule has 3 nitrogen and oxygen atoms in total. The topological polar surface area (TPSA) is 55.1 Å². The molecule has 0 saturated carbocycles. The number of nitrogens with two attached hydrogens (primary N) is 1. The van der Waals surface area contributed by atoms with Gasteiger partial charge >= 0.3 is 0 Å². The molecule has 0 aliphatic carbocycles. The van der Waals surface area contributed by atoms with Gasteiger partial charge in [-0.05, 0) is 29.2 Å². The number of hydrogen-bond donors (Lipinski definition) is 2. The summed E-state index contributed by atoms with van der Waals surface area (Å²) in [4.78, 5) is 12.0. The molecule has 110 valence electrons. The van der Waals surface area contributed by atoms with Gasteiger partial charge in [0, 0.05) is 6.54 Å². The molecule has 0 aromatic heterocycles. The smallest absolute Gasteiger partial charge is 0.253 e. The summed E-state index contributed by atoms with van der Waals surface area (Å²) in [6.07, 6.45) is 0. The third kappa shape index (κ3) is 3.60. The highest BCUT2D eigenvalue weighted by Gasteiger charge is 2.12. The van der Waals surface area contributed by atoms with Gasteiger partial charge in [0.25, 0.3) is 5.91 Å². The fourth-order valence-electron chi connectivity index (χ4n) is 2.03.